The Hall–Kier alpha value is -3.38. The Morgan fingerprint density at radius 2 is 0.875 bits per heavy atom. The lowest BCUT2D eigenvalue weighted by Crippen LogP contribution is -2.59. The summed E-state index contributed by atoms with van der Waals surface area (Å²) in [5.74, 6) is -4.78. The number of carbonyl (C=O) groups excluding carboxylic acids is 5. The van der Waals surface area contributed by atoms with Crippen LogP contribution in [-0.4, -0.2) is 108 Å². The molecule has 0 aromatic carbocycles. The topological polar surface area (TPSA) is 307 Å². The van der Waals surface area contributed by atoms with E-state index in [9.17, 15) is 39.0 Å². The summed E-state index contributed by atoms with van der Waals surface area (Å²) in [5.41, 5.74) is 22.5. The lowest BCUT2D eigenvalue weighted by atomic mass is 10.00. The van der Waals surface area contributed by atoms with Crippen molar-refractivity contribution in [2.75, 3.05) is 19.6 Å². The molecule has 0 saturated heterocycles. The van der Waals surface area contributed by atoms with Gasteiger partial charge in [0.1, 0.15) is 24.2 Å². The number of hydrogen-bond acceptors (Lipinski definition) is 11. The summed E-state index contributed by atoms with van der Waals surface area (Å²) in [6.45, 7) is 7.49. The molecule has 48 heavy (non-hydrogen) atoms. The summed E-state index contributed by atoms with van der Waals surface area (Å²) in [7, 11) is 0. The molecule has 15 N–H and O–H groups in total. The zero-order valence-electron chi connectivity index (χ0n) is 29.0. The van der Waals surface area contributed by atoms with Crippen molar-refractivity contribution in [3.05, 3.63) is 0 Å². The molecular weight excluding hydrogens is 626 g/mol. The number of unbranched alkanes of at least 4 members (excludes halogenated alkanes) is 3. The fraction of sp³-hybridized carbons (Fsp3) is 0.806. The minimum Gasteiger partial charge on any atom is -0.480 e. The van der Waals surface area contributed by atoms with Gasteiger partial charge in [0.25, 0.3) is 0 Å². The van der Waals surface area contributed by atoms with Crippen LogP contribution in [0.4, 0.5) is 0 Å². The minimum absolute atomic E-state index is 0.0494. The minimum atomic E-state index is -1.61. The molecule has 17 nitrogen and oxygen atoms in total. The van der Waals surface area contributed by atoms with Crippen molar-refractivity contribution >= 4 is 35.5 Å². The maximum atomic E-state index is 13.7. The van der Waals surface area contributed by atoms with Gasteiger partial charge in [-0.3, -0.25) is 24.0 Å². The van der Waals surface area contributed by atoms with Gasteiger partial charge in [0, 0.05) is 0 Å². The van der Waals surface area contributed by atoms with Gasteiger partial charge in [-0.1, -0.05) is 13.8 Å². The lowest BCUT2D eigenvalue weighted by molar-refractivity contribution is -0.145. The van der Waals surface area contributed by atoms with Crippen molar-refractivity contribution in [1.29, 1.82) is 0 Å². The van der Waals surface area contributed by atoms with Gasteiger partial charge in [0.2, 0.25) is 29.5 Å². The van der Waals surface area contributed by atoms with E-state index in [0.717, 1.165) is 0 Å². The van der Waals surface area contributed by atoms with Crippen molar-refractivity contribution in [2.24, 2.45) is 28.9 Å². The highest BCUT2D eigenvalue weighted by Crippen LogP contribution is 2.11. The maximum Gasteiger partial charge on any atom is 0.328 e. The van der Waals surface area contributed by atoms with Gasteiger partial charge in [0.05, 0.1) is 12.1 Å². The Morgan fingerprint density at radius 1 is 0.542 bits per heavy atom. The zero-order valence-corrected chi connectivity index (χ0v) is 29.0. The quantitative estimate of drug-likeness (QED) is 0.0426. The van der Waals surface area contributed by atoms with Gasteiger partial charge in [-0.2, -0.15) is 0 Å². The summed E-state index contributed by atoms with van der Waals surface area (Å²) in [6.07, 6.45) is 2.48. The van der Waals surface area contributed by atoms with Gasteiger partial charge in [-0.25, -0.2) is 4.79 Å². The third-order valence-corrected chi connectivity index (χ3v) is 7.54. The highest BCUT2D eigenvalue weighted by Gasteiger charge is 2.33. The molecule has 0 aromatic rings. The molecule has 5 amide bonds. The Labute approximate surface area is 283 Å². The van der Waals surface area contributed by atoms with Crippen molar-refractivity contribution in [2.45, 2.75) is 134 Å². The maximum absolute atomic E-state index is 13.7. The fourth-order valence-electron chi connectivity index (χ4n) is 4.75. The Morgan fingerprint density at radius 3 is 1.19 bits per heavy atom. The molecule has 0 fully saturated rings. The van der Waals surface area contributed by atoms with Crippen LogP contribution in [0.5, 0.6) is 0 Å². The molecule has 0 spiro atoms. The summed E-state index contributed by atoms with van der Waals surface area (Å²) < 4.78 is 0. The van der Waals surface area contributed by atoms with E-state index in [2.05, 4.69) is 26.6 Å². The number of aliphatic carboxylic acids is 1. The predicted molar refractivity (Wildman–Crippen MR) is 181 cm³/mol. The number of aliphatic hydroxyl groups is 1. The predicted octanol–water partition coefficient (Wildman–Crippen LogP) is -2.34. The molecule has 0 aromatic heterocycles. The number of nitrogens with two attached hydrogens (primary N) is 4. The number of nitrogens with one attached hydrogen (secondary N) is 5. The van der Waals surface area contributed by atoms with E-state index >= 15 is 0 Å². The van der Waals surface area contributed by atoms with Gasteiger partial charge in [-0.15, -0.1) is 0 Å². The standard InChI is InChI=1S/C31H61N9O8/c1-18(2)17-24(39-28(44)21(11-5-8-14-32)36-26(42)19(3)35)30(46)38-22(12-6-9-15-33)27(43)37-23(13-7-10-16-34)29(45)40-25(20(4)41)31(47)48/h18-25,41H,5-17,32-35H2,1-4H3,(H,36,42)(H,37,43)(H,38,46)(H,39,44)(H,40,45)(H,47,48)/t19-,20+,21-,22-,23-,24-,25-/m0/s1. The second-order valence-electron chi connectivity index (χ2n) is 12.6. The van der Waals surface area contributed by atoms with Crippen LogP contribution in [0.2, 0.25) is 0 Å². The Bertz CT molecular complexity index is 1010. The summed E-state index contributed by atoms with van der Waals surface area (Å²) in [4.78, 5) is 77.6. The molecule has 0 bridgehead atoms. The van der Waals surface area contributed by atoms with E-state index in [-0.39, 0.29) is 31.6 Å². The third kappa shape index (κ3) is 18.2. The first-order valence-corrected chi connectivity index (χ1v) is 16.9. The van der Waals surface area contributed by atoms with Gasteiger partial charge >= 0.3 is 5.97 Å². The van der Waals surface area contributed by atoms with Crippen molar-refractivity contribution in [3.63, 3.8) is 0 Å². The summed E-state index contributed by atoms with van der Waals surface area (Å²) in [6, 6.07) is -6.83. The van der Waals surface area contributed by atoms with Crippen LogP contribution >= 0.6 is 0 Å². The second kappa shape index (κ2) is 24.7. The monoisotopic (exact) mass is 687 g/mol. The van der Waals surface area contributed by atoms with E-state index in [1.54, 1.807) is 0 Å². The molecule has 0 aliphatic heterocycles. The van der Waals surface area contributed by atoms with Crippen LogP contribution in [0.25, 0.3) is 0 Å². The van der Waals surface area contributed by atoms with E-state index in [4.69, 9.17) is 22.9 Å². The smallest absolute Gasteiger partial charge is 0.328 e. The summed E-state index contributed by atoms with van der Waals surface area (Å²) >= 11 is 0. The van der Waals surface area contributed by atoms with Gasteiger partial charge in [0.15, 0.2) is 6.04 Å². The number of carbonyl (C=O) groups is 6. The van der Waals surface area contributed by atoms with Crippen LogP contribution < -0.4 is 49.5 Å². The average Bonchev–Trinajstić information content (AvgIpc) is 3.00. The molecule has 0 heterocycles. The normalized spacial score (nSPS) is 15.6. The molecule has 0 saturated carbocycles. The summed E-state index contributed by atoms with van der Waals surface area (Å²) in [5, 5.41) is 32.2. The molecular formula is C31H61N9O8. The van der Waals surface area contributed by atoms with Gasteiger partial charge in [-0.05, 0) is 104 Å². The molecule has 0 aliphatic rings. The van der Waals surface area contributed by atoms with Gasteiger partial charge < -0.3 is 59.7 Å². The van der Waals surface area contributed by atoms with Crippen LogP contribution in [-0.2, 0) is 28.8 Å². The highest BCUT2D eigenvalue weighted by molar-refractivity contribution is 5.96. The highest BCUT2D eigenvalue weighted by atomic mass is 16.4. The first-order chi connectivity index (χ1) is 22.6. The zero-order chi connectivity index (χ0) is 36.8. The van der Waals surface area contributed by atoms with Crippen LogP contribution in [0, 0.1) is 5.92 Å². The third-order valence-electron chi connectivity index (χ3n) is 7.54. The molecule has 17 heteroatoms. The van der Waals surface area contributed by atoms with Crippen molar-refractivity contribution in [3.8, 4) is 0 Å². The number of carboxylic acid groups (broad SMARTS) is 1. The number of carboxylic acids is 1. The number of aliphatic hydroxyl groups excluding tert-OH is 1. The molecule has 0 unspecified atom stereocenters. The molecule has 278 valence electrons. The van der Waals surface area contributed by atoms with Crippen LogP contribution in [0.1, 0.15) is 91.9 Å². The van der Waals surface area contributed by atoms with E-state index < -0.39 is 77.9 Å². The number of rotatable bonds is 26. The largest absolute Gasteiger partial charge is 0.480 e. The second-order valence-corrected chi connectivity index (χ2v) is 12.6. The first kappa shape index (κ1) is 44.6. The Kier molecular flexibility index (Phi) is 23.0. The Balaban J connectivity index is 6.13. The van der Waals surface area contributed by atoms with E-state index in [1.807, 2.05) is 13.8 Å². The first-order valence-electron chi connectivity index (χ1n) is 16.9. The SMILES string of the molecule is CC(C)C[C@H](NC(=O)[C@H](CCCCN)NC(=O)[C@H](C)N)C(=O)N[C@@H](CCCCN)C(=O)N[C@@H](CCCCN)C(=O)N[C@H](C(=O)O)[C@@H](C)O. The number of amides is 5. The van der Waals surface area contributed by atoms with E-state index in [1.165, 1.54) is 13.8 Å². The average molecular weight is 688 g/mol. The van der Waals surface area contributed by atoms with Crippen molar-refractivity contribution < 1.29 is 39.0 Å². The molecule has 0 rings (SSSR count). The van der Waals surface area contributed by atoms with E-state index in [0.29, 0.717) is 58.2 Å². The number of hydrogen-bond donors (Lipinski definition) is 11. The van der Waals surface area contributed by atoms with Crippen LogP contribution in [0.15, 0.2) is 0 Å². The molecule has 0 aliphatic carbocycles. The van der Waals surface area contributed by atoms with Crippen molar-refractivity contribution in [1.82, 2.24) is 26.6 Å². The lowest BCUT2D eigenvalue weighted by Gasteiger charge is -2.28. The molecule has 7 atom stereocenters. The van der Waals surface area contributed by atoms with Crippen LogP contribution in [0.3, 0.4) is 0 Å². The fourth-order valence-corrected chi connectivity index (χ4v) is 4.75. The molecule has 0 radical (unpaired) electrons.